The Bertz CT molecular complexity index is 817. The first-order chi connectivity index (χ1) is 11.6. The quantitative estimate of drug-likeness (QED) is 0.743. The molecule has 3 aromatic rings. The molecule has 24 heavy (non-hydrogen) atoms. The molecule has 0 aliphatic carbocycles. The Kier molecular flexibility index (Phi) is 4.90. The highest BCUT2D eigenvalue weighted by Gasteiger charge is 2.18. The van der Waals surface area contributed by atoms with Gasteiger partial charge in [0.05, 0.1) is 12.7 Å². The number of aromatic nitrogens is 2. The standard InChI is InChI=1S/C17H16FN3O2S/c1-12(23-15-7-3-2-6-14(15)18)17(22)20-16-8-9-19-21(16)11-13-5-4-10-24-13/h2-10,12H,11H2,1H3,(H,20,22)/t12-/m1/s1. The van der Waals surface area contributed by atoms with Gasteiger partial charge in [0.15, 0.2) is 17.7 Å². The number of benzene rings is 1. The first-order valence-electron chi connectivity index (χ1n) is 7.40. The predicted octanol–water partition coefficient (Wildman–Crippen LogP) is 3.54. The average molecular weight is 345 g/mol. The molecule has 0 radical (unpaired) electrons. The molecule has 5 nitrogen and oxygen atoms in total. The molecular formula is C17H16FN3O2S. The van der Waals surface area contributed by atoms with Crippen LogP contribution in [-0.4, -0.2) is 21.8 Å². The van der Waals surface area contributed by atoms with Gasteiger partial charge in [0.25, 0.3) is 5.91 Å². The Morgan fingerprint density at radius 2 is 2.17 bits per heavy atom. The van der Waals surface area contributed by atoms with Gasteiger partial charge in [0.2, 0.25) is 0 Å². The van der Waals surface area contributed by atoms with Crippen molar-refractivity contribution in [2.24, 2.45) is 0 Å². The van der Waals surface area contributed by atoms with Crippen LogP contribution in [0.2, 0.25) is 0 Å². The molecule has 1 atom stereocenters. The third-order valence-corrected chi connectivity index (χ3v) is 4.22. The van der Waals surface area contributed by atoms with Crippen LogP contribution in [0.3, 0.4) is 0 Å². The Labute approximate surface area is 142 Å². The predicted molar refractivity (Wildman–Crippen MR) is 90.8 cm³/mol. The lowest BCUT2D eigenvalue weighted by atomic mass is 10.3. The van der Waals surface area contributed by atoms with Gasteiger partial charge in [0, 0.05) is 10.9 Å². The smallest absolute Gasteiger partial charge is 0.266 e. The number of carbonyl (C=O) groups is 1. The highest BCUT2D eigenvalue weighted by atomic mass is 32.1. The van der Waals surface area contributed by atoms with Crippen LogP contribution in [0.1, 0.15) is 11.8 Å². The van der Waals surface area contributed by atoms with Crippen LogP contribution in [0.25, 0.3) is 0 Å². The third-order valence-electron chi connectivity index (χ3n) is 3.36. The fourth-order valence-corrected chi connectivity index (χ4v) is 2.81. The van der Waals surface area contributed by atoms with E-state index in [4.69, 9.17) is 4.74 Å². The van der Waals surface area contributed by atoms with E-state index >= 15 is 0 Å². The number of amides is 1. The summed E-state index contributed by atoms with van der Waals surface area (Å²) >= 11 is 1.62. The molecule has 1 aromatic carbocycles. The second kappa shape index (κ2) is 7.27. The molecule has 0 aliphatic rings. The average Bonchev–Trinajstić information content (AvgIpc) is 3.22. The molecular weight excluding hydrogens is 329 g/mol. The van der Waals surface area contributed by atoms with Gasteiger partial charge >= 0.3 is 0 Å². The van der Waals surface area contributed by atoms with Gasteiger partial charge in [-0.3, -0.25) is 4.79 Å². The second-order valence-corrected chi connectivity index (χ2v) is 6.17. The lowest BCUT2D eigenvalue weighted by Gasteiger charge is -2.15. The van der Waals surface area contributed by atoms with Gasteiger partial charge in [0.1, 0.15) is 5.82 Å². The molecule has 1 amide bonds. The zero-order valence-electron chi connectivity index (χ0n) is 13.0. The van der Waals surface area contributed by atoms with Crippen LogP contribution in [0.15, 0.2) is 54.0 Å². The number of halogens is 1. The Morgan fingerprint density at radius 3 is 2.92 bits per heavy atom. The van der Waals surface area contributed by atoms with Gasteiger partial charge in [-0.05, 0) is 30.5 Å². The van der Waals surface area contributed by atoms with Gasteiger partial charge in [-0.25, -0.2) is 9.07 Å². The van der Waals surface area contributed by atoms with Crippen molar-refractivity contribution in [1.29, 1.82) is 0 Å². The molecule has 0 saturated carbocycles. The molecule has 3 rings (SSSR count). The lowest BCUT2D eigenvalue weighted by Crippen LogP contribution is -2.31. The monoisotopic (exact) mass is 345 g/mol. The minimum absolute atomic E-state index is 0.0484. The van der Waals surface area contributed by atoms with E-state index in [-0.39, 0.29) is 11.7 Å². The number of rotatable bonds is 6. The van der Waals surface area contributed by atoms with E-state index in [1.165, 1.54) is 12.1 Å². The van der Waals surface area contributed by atoms with Crippen molar-refractivity contribution in [3.05, 3.63) is 64.7 Å². The summed E-state index contributed by atoms with van der Waals surface area (Å²) in [6, 6.07) is 11.7. The van der Waals surface area contributed by atoms with E-state index in [0.29, 0.717) is 12.4 Å². The molecule has 1 N–H and O–H groups in total. The van der Waals surface area contributed by atoms with Crippen molar-refractivity contribution in [3.8, 4) is 5.75 Å². The number of hydrogen-bond donors (Lipinski definition) is 1. The van der Waals surface area contributed by atoms with E-state index in [0.717, 1.165) is 4.88 Å². The van der Waals surface area contributed by atoms with E-state index < -0.39 is 11.9 Å². The topological polar surface area (TPSA) is 56.1 Å². The first-order valence-corrected chi connectivity index (χ1v) is 8.27. The SMILES string of the molecule is C[C@@H](Oc1ccccc1F)C(=O)Nc1ccnn1Cc1cccs1. The lowest BCUT2D eigenvalue weighted by molar-refractivity contribution is -0.122. The molecule has 0 spiro atoms. The number of para-hydroxylation sites is 1. The Morgan fingerprint density at radius 1 is 1.33 bits per heavy atom. The summed E-state index contributed by atoms with van der Waals surface area (Å²) in [7, 11) is 0. The van der Waals surface area contributed by atoms with E-state index in [1.807, 2.05) is 17.5 Å². The number of carbonyl (C=O) groups excluding carboxylic acids is 1. The van der Waals surface area contributed by atoms with Crippen molar-refractivity contribution in [3.63, 3.8) is 0 Å². The van der Waals surface area contributed by atoms with Crippen molar-refractivity contribution in [2.75, 3.05) is 5.32 Å². The summed E-state index contributed by atoms with van der Waals surface area (Å²) in [4.78, 5) is 13.4. The summed E-state index contributed by atoms with van der Waals surface area (Å²) in [5.41, 5.74) is 0. The minimum Gasteiger partial charge on any atom is -0.478 e. The van der Waals surface area contributed by atoms with E-state index in [2.05, 4.69) is 10.4 Å². The molecule has 124 valence electrons. The highest BCUT2D eigenvalue weighted by Crippen LogP contribution is 2.18. The highest BCUT2D eigenvalue weighted by molar-refractivity contribution is 7.09. The minimum atomic E-state index is -0.841. The number of hydrogen-bond acceptors (Lipinski definition) is 4. The third kappa shape index (κ3) is 3.80. The van der Waals surface area contributed by atoms with Crippen LogP contribution in [-0.2, 0) is 11.3 Å². The van der Waals surface area contributed by atoms with Gasteiger partial charge in [-0.15, -0.1) is 11.3 Å². The molecule has 7 heteroatoms. The van der Waals surface area contributed by atoms with Crippen LogP contribution in [0, 0.1) is 5.82 Å². The maximum Gasteiger partial charge on any atom is 0.266 e. The second-order valence-electron chi connectivity index (χ2n) is 5.13. The van der Waals surface area contributed by atoms with Gasteiger partial charge < -0.3 is 10.1 Å². The number of ether oxygens (including phenoxy) is 1. The fraction of sp³-hybridized carbons (Fsp3) is 0.176. The number of anilines is 1. The van der Waals surface area contributed by atoms with Crippen LogP contribution in [0.4, 0.5) is 10.2 Å². The van der Waals surface area contributed by atoms with Crippen LogP contribution in [0.5, 0.6) is 5.75 Å². The van der Waals surface area contributed by atoms with Crippen molar-refractivity contribution < 1.29 is 13.9 Å². The van der Waals surface area contributed by atoms with Crippen molar-refractivity contribution in [2.45, 2.75) is 19.6 Å². The van der Waals surface area contributed by atoms with Gasteiger partial charge in [-0.1, -0.05) is 18.2 Å². The molecule has 0 fully saturated rings. The molecule has 2 aromatic heterocycles. The van der Waals surface area contributed by atoms with Gasteiger partial charge in [-0.2, -0.15) is 5.10 Å². The maximum atomic E-state index is 13.6. The molecule has 0 unspecified atom stereocenters. The molecule has 0 aliphatic heterocycles. The van der Waals surface area contributed by atoms with E-state index in [9.17, 15) is 9.18 Å². The summed E-state index contributed by atoms with van der Waals surface area (Å²) in [5, 5.41) is 8.96. The molecule has 0 bridgehead atoms. The zero-order valence-corrected chi connectivity index (χ0v) is 13.8. The van der Waals surface area contributed by atoms with Crippen LogP contribution >= 0.6 is 11.3 Å². The van der Waals surface area contributed by atoms with Crippen molar-refractivity contribution >= 4 is 23.1 Å². The first kappa shape index (κ1) is 16.2. The van der Waals surface area contributed by atoms with E-state index in [1.54, 1.807) is 47.3 Å². The van der Waals surface area contributed by atoms with Crippen molar-refractivity contribution in [1.82, 2.24) is 9.78 Å². The normalized spacial score (nSPS) is 11.9. The summed E-state index contributed by atoms with van der Waals surface area (Å²) in [6.45, 7) is 2.14. The number of nitrogens with one attached hydrogen (secondary N) is 1. The zero-order chi connectivity index (χ0) is 16.9. The molecule has 2 heterocycles. The molecule has 0 saturated heterocycles. The Hall–Kier alpha value is -2.67. The summed E-state index contributed by atoms with van der Waals surface area (Å²) in [6.07, 6.45) is 0.776. The summed E-state index contributed by atoms with van der Waals surface area (Å²) < 4.78 is 20.7. The Balaban J connectivity index is 1.64. The fourth-order valence-electron chi connectivity index (χ4n) is 2.13. The van der Waals surface area contributed by atoms with Crippen LogP contribution < -0.4 is 10.1 Å². The number of nitrogens with zero attached hydrogens (tertiary/aromatic N) is 2. The number of thiophene rings is 1. The largest absolute Gasteiger partial charge is 0.478 e. The summed E-state index contributed by atoms with van der Waals surface area (Å²) in [5.74, 6) is -0.254. The maximum absolute atomic E-state index is 13.6.